The monoisotopic (exact) mass is 566 g/mol. The van der Waals surface area contributed by atoms with Crippen LogP contribution in [-0.4, -0.2) is 26.3 Å². The summed E-state index contributed by atoms with van der Waals surface area (Å²) in [5.41, 5.74) is 2.97. The normalized spacial score (nSPS) is 11.2. The largest absolute Gasteiger partial charge is 0.488 e. The summed E-state index contributed by atoms with van der Waals surface area (Å²) >= 11 is 10.3. The summed E-state index contributed by atoms with van der Waals surface area (Å²) < 4.78 is 6.53. The third-order valence-electron chi connectivity index (χ3n) is 4.73. The maximum Gasteiger partial charge on any atom is 0.342 e. The van der Waals surface area contributed by atoms with Gasteiger partial charge in [0.1, 0.15) is 17.3 Å². The first-order valence-corrected chi connectivity index (χ1v) is 12.1. The Morgan fingerprint density at radius 1 is 1.17 bits per heavy atom. The molecule has 0 atom stereocenters. The fourth-order valence-electron chi connectivity index (χ4n) is 2.97. The number of nitrogens with one attached hydrogen (secondary N) is 1. The van der Waals surface area contributed by atoms with Gasteiger partial charge < -0.3 is 9.84 Å². The SMILES string of the molecule is N#Cc1ccc(COc2ccc(/C=C(\Sc3n[nH]c(-c4ccc(Cl)cc4)n3)C(=O)O)cc2Br)cc1. The van der Waals surface area contributed by atoms with Gasteiger partial charge in [-0.3, -0.25) is 5.10 Å². The summed E-state index contributed by atoms with van der Waals surface area (Å²) in [7, 11) is 0. The number of carboxylic acids is 1. The topological polar surface area (TPSA) is 112 Å². The Morgan fingerprint density at radius 3 is 2.57 bits per heavy atom. The van der Waals surface area contributed by atoms with Gasteiger partial charge in [-0.1, -0.05) is 29.8 Å². The van der Waals surface area contributed by atoms with E-state index in [1.807, 2.05) is 12.1 Å². The Balaban J connectivity index is 1.46. The molecule has 0 aliphatic carbocycles. The first-order chi connectivity index (χ1) is 16.9. The van der Waals surface area contributed by atoms with Crippen LogP contribution in [0.1, 0.15) is 16.7 Å². The number of aromatic amines is 1. The number of carboxylic acid groups (broad SMARTS) is 1. The highest BCUT2D eigenvalue weighted by Crippen LogP contribution is 2.31. The van der Waals surface area contributed by atoms with Gasteiger partial charge in [-0.05, 0) is 93.4 Å². The molecule has 1 aromatic heterocycles. The molecule has 0 unspecified atom stereocenters. The molecule has 0 fully saturated rings. The van der Waals surface area contributed by atoms with Crippen molar-refractivity contribution in [3.8, 4) is 23.2 Å². The number of aliphatic carboxylic acids is 1. The molecule has 0 spiro atoms. The molecule has 0 bridgehead atoms. The molecular formula is C25H16BrClN4O3S. The van der Waals surface area contributed by atoms with Crippen LogP contribution in [0.3, 0.4) is 0 Å². The number of halogens is 2. The van der Waals surface area contributed by atoms with Crippen molar-refractivity contribution in [2.24, 2.45) is 0 Å². The molecule has 0 aliphatic rings. The van der Waals surface area contributed by atoms with Gasteiger partial charge in [-0.15, -0.1) is 5.10 Å². The Bertz CT molecular complexity index is 1430. The lowest BCUT2D eigenvalue weighted by molar-refractivity contribution is -0.131. The third-order valence-corrected chi connectivity index (χ3v) is 6.47. The molecule has 3 aromatic carbocycles. The zero-order chi connectivity index (χ0) is 24.8. The van der Waals surface area contributed by atoms with Gasteiger partial charge in [0.15, 0.2) is 5.82 Å². The molecule has 174 valence electrons. The van der Waals surface area contributed by atoms with E-state index in [1.165, 1.54) is 0 Å². The van der Waals surface area contributed by atoms with E-state index in [4.69, 9.17) is 21.6 Å². The van der Waals surface area contributed by atoms with Crippen LogP contribution in [0.2, 0.25) is 5.02 Å². The van der Waals surface area contributed by atoms with Crippen molar-refractivity contribution in [3.05, 3.63) is 97.8 Å². The third kappa shape index (κ3) is 6.51. The minimum absolute atomic E-state index is 0.0600. The van der Waals surface area contributed by atoms with Crippen molar-refractivity contribution in [2.45, 2.75) is 11.8 Å². The second-order valence-corrected chi connectivity index (χ2v) is 9.48. The van der Waals surface area contributed by atoms with E-state index in [1.54, 1.807) is 60.7 Å². The van der Waals surface area contributed by atoms with Gasteiger partial charge >= 0.3 is 5.97 Å². The minimum atomic E-state index is -1.09. The molecule has 0 radical (unpaired) electrons. The molecular weight excluding hydrogens is 552 g/mol. The maximum absolute atomic E-state index is 11.9. The standard InChI is InChI=1S/C25H16BrClN4O3S/c26-20-11-17(5-10-21(20)34-14-16-3-1-15(13-28)2-4-16)12-22(24(32)33)35-25-29-23(30-31-25)18-6-8-19(27)9-7-18/h1-12H,14H2,(H,32,33)(H,29,30,31)/b22-12-. The Hall–Kier alpha value is -3.58. The number of benzene rings is 3. The predicted molar refractivity (Wildman–Crippen MR) is 138 cm³/mol. The van der Waals surface area contributed by atoms with Crippen LogP contribution in [-0.2, 0) is 11.4 Å². The van der Waals surface area contributed by atoms with Crippen LogP contribution >= 0.6 is 39.3 Å². The molecule has 0 saturated heterocycles. The lowest BCUT2D eigenvalue weighted by Crippen LogP contribution is -1.98. The van der Waals surface area contributed by atoms with Crippen LogP contribution in [0, 0.1) is 11.3 Å². The molecule has 0 saturated carbocycles. The Labute approximate surface area is 218 Å². The minimum Gasteiger partial charge on any atom is -0.488 e. The molecule has 1 heterocycles. The fourth-order valence-corrected chi connectivity index (χ4v) is 4.32. The van der Waals surface area contributed by atoms with Crippen molar-refractivity contribution < 1.29 is 14.6 Å². The lowest BCUT2D eigenvalue weighted by Gasteiger charge is -2.09. The van der Waals surface area contributed by atoms with Crippen LogP contribution in [0.4, 0.5) is 0 Å². The zero-order valence-corrected chi connectivity index (χ0v) is 21.1. The van der Waals surface area contributed by atoms with Gasteiger partial charge in [0.25, 0.3) is 0 Å². The van der Waals surface area contributed by atoms with E-state index in [9.17, 15) is 9.90 Å². The van der Waals surface area contributed by atoms with Crippen molar-refractivity contribution in [1.82, 2.24) is 15.2 Å². The van der Waals surface area contributed by atoms with Gasteiger partial charge in [-0.25, -0.2) is 9.78 Å². The van der Waals surface area contributed by atoms with Crippen molar-refractivity contribution in [3.63, 3.8) is 0 Å². The van der Waals surface area contributed by atoms with Gasteiger partial charge in [0.2, 0.25) is 5.16 Å². The van der Waals surface area contributed by atoms with Gasteiger partial charge in [0, 0.05) is 10.6 Å². The second-order valence-electron chi connectivity index (χ2n) is 7.18. The number of rotatable bonds is 8. The van der Waals surface area contributed by atoms with Crippen molar-refractivity contribution >= 4 is 51.3 Å². The second kappa shape index (κ2) is 11.2. The van der Waals surface area contributed by atoms with Crippen LogP contribution in [0.15, 0.2) is 81.3 Å². The summed E-state index contributed by atoms with van der Waals surface area (Å²) in [6, 6.07) is 21.6. The highest BCUT2D eigenvalue weighted by molar-refractivity contribution is 9.10. The summed E-state index contributed by atoms with van der Waals surface area (Å²) in [5, 5.41) is 26.4. The van der Waals surface area contributed by atoms with E-state index in [0.29, 0.717) is 38.8 Å². The van der Waals surface area contributed by atoms with E-state index < -0.39 is 5.97 Å². The molecule has 7 nitrogen and oxygen atoms in total. The molecule has 4 aromatic rings. The quantitative estimate of drug-likeness (QED) is 0.183. The molecule has 0 amide bonds. The number of hydrogen-bond acceptors (Lipinski definition) is 6. The average molecular weight is 568 g/mol. The number of H-pyrrole nitrogens is 1. The number of thioether (sulfide) groups is 1. The fraction of sp³-hybridized carbons (Fsp3) is 0.0400. The maximum atomic E-state index is 11.9. The van der Waals surface area contributed by atoms with Crippen LogP contribution in [0.5, 0.6) is 5.75 Å². The molecule has 10 heteroatoms. The smallest absolute Gasteiger partial charge is 0.342 e. The van der Waals surface area contributed by atoms with Gasteiger partial charge in [0.05, 0.1) is 16.1 Å². The number of nitrogens with zero attached hydrogens (tertiary/aromatic N) is 3. The van der Waals surface area contributed by atoms with Crippen molar-refractivity contribution in [2.75, 3.05) is 0 Å². The van der Waals surface area contributed by atoms with E-state index in [0.717, 1.165) is 22.9 Å². The van der Waals surface area contributed by atoms with Crippen LogP contribution < -0.4 is 4.74 Å². The first kappa shape index (κ1) is 24.5. The highest BCUT2D eigenvalue weighted by Gasteiger charge is 2.15. The molecule has 2 N–H and O–H groups in total. The van der Waals surface area contributed by atoms with E-state index >= 15 is 0 Å². The molecule has 0 aliphatic heterocycles. The summed E-state index contributed by atoms with van der Waals surface area (Å²) in [5.74, 6) is 0.0307. The molecule has 4 rings (SSSR count). The number of aromatic nitrogens is 3. The number of hydrogen-bond donors (Lipinski definition) is 2. The zero-order valence-electron chi connectivity index (χ0n) is 17.9. The number of ether oxygens (including phenoxy) is 1. The predicted octanol–water partition coefficient (Wildman–Crippen LogP) is 6.56. The first-order valence-electron chi connectivity index (χ1n) is 10.1. The number of carbonyl (C=O) groups is 1. The Kier molecular flexibility index (Phi) is 7.87. The highest BCUT2D eigenvalue weighted by atomic mass is 79.9. The summed E-state index contributed by atoms with van der Waals surface area (Å²) in [4.78, 5) is 16.3. The summed E-state index contributed by atoms with van der Waals surface area (Å²) in [6.07, 6.45) is 1.54. The summed E-state index contributed by atoms with van der Waals surface area (Å²) in [6.45, 7) is 0.330. The average Bonchev–Trinajstić information content (AvgIpc) is 3.32. The number of nitriles is 1. The van der Waals surface area contributed by atoms with E-state index in [2.05, 4.69) is 37.2 Å². The lowest BCUT2D eigenvalue weighted by atomic mass is 10.1. The Morgan fingerprint density at radius 2 is 1.91 bits per heavy atom. The van der Waals surface area contributed by atoms with Crippen molar-refractivity contribution in [1.29, 1.82) is 5.26 Å². The van der Waals surface area contributed by atoms with Gasteiger partial charge in [-0.2, -0.15) is 5.26 Å². The van der Waals surface area contributed by atoms with Crippen LogP contribution in [0.25, 0.3) is 17.5 Å². The van der Waals surface area contributed by atoms with E-state index in [-0.39, 0.29) is 10.1 Å². The molecule has 35 heavy (non-hydrogen) atoms.